The van der Waals surface area contributed by atoms with Gasteiger partial charge in [-0.05, 0) is 41.8 Å². The standard InChI is InChI=1S/C15H17NO2/c1-10-14(5-4-6-15(10)16)11-7-12(17-2)9-13(8-11)18-3/h4-9H,16H2,1-3H3. The molecule has 18 heavy (non-hydrogen) atoms. The molecule has 0 atom stereocenters. The molecule has 0 unspecified atom stereocenters. The minimum atomic E-state index is 0.770. The molecular weight excluding hydrogens is 226 g/mol. The van der Waals surface area contributed by atoms with Crippen molar-refractivity contribution in [3.05, 3.63) is 42.0 Å². The Morgan fingerprint density at radius 2 is 1.56 bits per heavy atom. The van der Waals surface area contributed by atoms with E-state index in [9.17, 15) is 0 Å². The molecule has 3 heteroatoms. The van der Waals surface area contributed by atoms with Gasteiger partial charge in [-0.1, -0.05) is 12.1 Å². The summed E-state index contributed by atoms with van der Waals surface area (Å²) in [4.78, 5) is 0. The Morgan fingerprint density at radius 1 is 0.944 bits per heavy atom. The summed E-state index contributed by atoms with van der Waals surface area (Å²) < 4.78 is 10.6. The summed E-state index contributed by atoms with van der Waals surface area (Å²) in [5.41, 5.74) is 9.91. The van der Waals surface area contributed by atoms with E-state index in [1.165, 1.54) is 0 Å². The number of hydrogen-bond donors (Lipinski definition) is 1. The van der Waals surface area contributed by atoms with Gasteiger partial charge in [-0.25, -0.2) is 0 Å². The lowest BCUT2D eigenvalue weighted by Crippen LogP contribution is -1.93. The van der Waals surface area contributed by atoms with E-state index < -0.39 is 0 Å². The van der Waals surface area contributed by atoms with E-state index in [2.05, 4.69) is 0 Å². The summed E-state index contributed by atoms with van der Waals surface area (Å²) in [5, 5.41) is 0. The largest absolute Gasteiger partial charge is 0.497 e. The smallest absolute Gasteiger partial charge is 0.123 e. The molecule has 2 aromatic rings. The number of nitrogen functional groups attached to an aromatic ring is 1. The molecule has 0 aliphatic heterocycles. The van der Waals surface area contributed by atoms with Crippen LogP contribution in [0.4, 0.5) is 5.69 Å². The second-order valence-electron chi connectivity index (χ2n) is 4.12. The minimum absolute atomic E-state index is 0.770. The Balaban J connectivity index is 2.59. The first-order valence-corrected chi connectivity index (χ1v) is 5.74. The molecule has 0 aliphatic rings. The van der Waals surface area contributed by atoms with E-state index in [-0.39, 0.29) is 0 Å². The quantitative estimate of drug-likeness (QED) is 0.841. The maximum atomic E-state index is 5.94. The third-order valence-corrected chi connectivity index (χ3v) is 3.04. The van der Waals surface area contributed by atoms with Crippen LogP contribution in [0.2, 0.25) is 0 Å². The minimum Gasteiger partial charge on any atom is -0.497 e. The fraction of sp³-hybridized carbons (Fsp3) is 0.200. The molecule has 0 spiro atoms. The Hall–Kier alpha value is -2.16. The molecule has 0 bridgehead atoms. The van der Waals surface area contributed by atoms with Gasteiger partial charge in [0.25, 0.3) is 0 Å². The SMILES string of the molecule is COc1cc(OC)cc(-c2cccc(N)c2C)c1. The van der Waals surface area contributed by atoms with Gasteiger partial charge in [0, 0.05) is 11.8 Å². The van der Waals surface area contributed by atoms with Gasteiger partial charge >= 0.3 is 0 Å². The van der Waals surface area contributed by atoms with Crippen LogP contribution in [0.1, 0.15) is 5.56 Å². The molecule has 0 radical (unpaired) electrons. The van der Waals surface area contributed by atoms with Crippen molar-refractivity contribution in [2.75, 3.05) is 20.0 Å². The van der Waals surface area contributed by atoms with Crippen molar-refractivity contribution in [1.29, 1.82) is 0 Å². The molecular formula is C15H17NO2. The Labute approximate surface area is 107 Å². The molecule has 0 heterocycles. The highest BCUT2D eigenvalue weighted by Crippen LogP contribution is 2.33. The van der Waals surface area contributed by atoms with E-state index in [1.807, 2.05) is 43.3 Å². The summed E-state index contributed by atoms with van der Waals surface area (Å²) in [6, 6.07) is 11.7. The van der Waals surface area contributed by atoms with Gasteiger partial charge in [-0.3, -0.25) is 0 Å². The lowest BCUT2D eigenvalue weighted by atomic mass is 9.99. The maximum Gasteiger partial charge on any atom is 0.123 e. The molecule has 0 aromatic heterocycles. The lowest BCUT2D eigenvalue weighted by Gasteiger charge is -2.12. The van der Waals surface area contributed by atoms with Gasteiger partial charge in [0.1, 0.15) is 11.5 Å². The zero-order valence-corrected chi connectivity index (χ0v) is 10.9. The molecule has 2 aromatic carbocycles. The molecule has 2 rings (SSSR count). The van der Waals surface area contributed by atoms with E-state index in [0.29, 0.717) is 0 Å². The van der Waals surface area contributed by atoms with Gasteiger partial charge in [0.05, 0.1) is 14.2 Å². The first-order chi connectivity index (χ1) is 8.65. The summed E-state index contributed by atoms with van der Waals surface area (Å²) in [7, 11) is 3.29. The van der Waals surface area contributed by atoms with Crippen molar-refractivity contribution >= 4 is 5.69 Å². The number of hydrogen-bond acceptors (Lipinski definition) is 3. The Kier molecular flexibility index (Phi) is 3.42. The van der Waals surface area contributed by atoms with Crippen LogP contribution in [0.15, 0.2) is 36.4 Å². The number of benzene rings is 2. The monoisotopic (exact) mass is 243 g/mol. The van der Waals surface area contributed by atoms with E-state index >= 15 is 0 Å². The third kappa shape index (κ3) is 2.25. The van der Waals surface area contributed by atoms with Crippen molar-refractivity contribution in [3.63, 3.8) is 0 Å². The second kappa shape index (κ2) is 5.00. The average Bonchev–Trinajstić information content (AvgIpc) is 2.41. The molecule has 94 valence electrons. The number of methoxy groups -OCH3 is 2. The first kappa shape index (κ1) is 12.3. The number of rotatable bonds is 3. The van der Waals surface area contributed by atoms with Crippen molar-refractivity contribution in [3.8, 4) is 22.6 Å². The van der Waals surface area contributed by atoms with Crippen LogP contribution in [0.25, 0.3) is 11.1 Å². The van der Waals surface area contributed by atoms with Gasteiger partial charge < -0.3 is 15.2 Å². The zero-order chi connectivity index (χ0) is 13.1. The number of anilines is 1. The van der Waals surface area contributed by atoms with Crippen LogP contribution in [0, 0.1) is 6.92 Å². The number of ether oxygens (including phenoxy) is 2. The van der Waals surface area contributed by atoms with Crippen LogP contribution >= 0.6 is 0 Å². The summed E-state index contributed by atoms with van der Waals surface area (Å²) in [5.74, 6) is 1.54. The Morgan fingerprint density at radius 3 is 2.11 bits per heavy atom. The fourth-order valence-corrected chi connectivity index (χ4v) is 1.93. The average molecular weight is 243 g/mol. The van der Waals surface area contributed by atoms with Gasteiger partial charge in [-0.2, -0.15) is 0 Å². The van der Waals surface area contributed by atoms with Crippen LogP contribution in [0.3, 0.4) is 0 Å². The molecule has 0 saturated heterocycles. The second-order valence-corrected chi connectivity index (χ2v) is 4.12. The summed E-state index contributed by atoms with van der Waals surface area (Å²) in [6.07, 6.45) is 0. The van der Waals surface area contributed by atoms with Crippen molar-refractivity contribution in [2.45, 2.75) is 6.92 Å². The van der Waals surface area contributed by atoms with E-state index in [4.69, 9.17) is 15.2 Å². The number of nitrogens with two attached hydrogens (primary N) is 1. The van der Waals surface area contributed by atoms with Gasteiger partial charge in [-0.15, -0.1) is 0 Å². The van der Waals surface area contributed by atoms with Crippen molar-refractivity contribution in [2.24, 2.45) is 0 Å². The molecule has 0 saturated carbocycles. The Bertz CT molecular complexity index is 542. The topological polar surface area (TPSA) is 44.5 Å². The predicted octanol–water partition coefficient (Wildman–Crippen LogP) is 3.26. The van der Waals surface area contributed by atoms with Gasteiger partial charge in [0.15, 0.2) is 0 Å². The van der Waals surface area contributed by atoms with Crippen LogP contribution in [-0.2, 0) is 0 Å². The molecule has 0 fully saturated rings. The maximum absolute atomic E-state index is 5.94. The summed E-state index contributed by atoms with van der Waals surface area (Å²) in [6.45, 7) is 2.01. The van der Waals surface area contributed by atoms with E-state index in [1.54, 1.807) is 14.2 Å². The lowest BCUT2D eigenvalue weighted by molar-refractivity contribution is 0.394. The highest BCUT2D eigenvalue weighted by Gasteiger charge is 2.07. The van der Waals surface area contributed by atoms with Crippen molar-refractivity contribution < 1.29 is 9.47 Å². The highest BCUT2D eigenvalue weighted by atomic mass is 16.5. The molecule has 0 amide bonds. The van der Waals surface area contributed by atoms with Crippen LogP contribution < -0.4 is 15.2 Å². The van der Waals surface area contributed by atoms with E-state index in [0.717, 1.165) is 33.9 Å². The molecule has 3 nitrogen and oxygen atoms in total. The molecule has 2 N–H and O–H groups in total. The van der Waals surface area contributed by atoms with Gasteiger partial charge in [0.2, 0.25) is 0 Å². The fourth-order valence-electron chi connectivity index (χ4n) is 1.93. The summed E-state index contributed by atoms with van der Waals surface area (Å²) >= 11 is 0. The highest BCUT2D eigenvalue weighted by molar-refractivity contribution is 5.74. The van der Waals surface area contributed by atoms with Crippen LogP contribution in [0.5, 0.6) is 11.5 Å². The first-order valence-electron chi connectivity index (χ1n) is 5.74. The zero-order valence-electron chi connectivity index (χ0n) is 10.9. The normalized spacial score (nSPS) is 10.2. The predicted molar refractivity (Wildman–Crippen MR) is 74.1 cm³/mol. The third-order valence-electron chi connectivity index (χ3n) is 3.04. The van der Waals surface area contributed by atoms with Crippen LogP contribution in [-0.4, -0.2) is 14.2 Å². The molecule has 0 aliphatic carbocycles. The van der Waals surface area contributed by atoms with Crippen molar-refractivity contribution in [1.82, 2.24) is 0 Å².